The highest BCUT2D eigenvalue weighted by atomic mass is 16.4. The van der Waals surface area contributed by atoms with Gasteiger partial charge in [0.1, 0.15) is 18.1 Å². The number of nitrogens with zero attached hydrogens (tertiary/aromatic N) is 9. The minimum absolute atomic E-state index is 0.130. The zero-order valence-electron chi connectivity index (χ0n) is 18.6. The molecule has 0 saturated carbocycles. The molecule has 0 spiro atoms. The van der Waals surface area contributed by atoms with Crippen LogP contribution in [0.5, 0.6) is 5.75 Å². The molecule has 1 saturated heterocycles. The second-order valence-electron chi connectivity index (χ2n) is 8.25. The molecule has 1 aromatic carbocycles. The summed E-state index contributed by atoms with van der Waals surface area (Å²) in [6.07, 6.45) is 4.67. The number of rotatable bonds is 5. The zero-order valence-corrected chi connectivity index (χ0v) is 18.6. The number of aromatic hydroxyl groups is 1. The van der Waals surface area contributed by atoms with Crippen molar-refractivity contribution in [2.45, 2.75) is 6.54 Å². The highest BCUT2D eigenvalue weighted by Crippen LogP contribution is 2.26. The number of para-hydroxylation sites is 1. The van der Waals surface area contributed by atoms with E-state index in [0.29, 0.717) is 49.1 Å². The van der Waals surface area contributed by atoms with Crippen LogP contribution in [0, 0.1) is 0 Å². The van der Waals surface area contributed by atoms with Gasteiger partial charge in [0.25, 0.3) is 0 Å². The molecule has 1 aliphatic heterocycles. The fourth-order valence-electron chi connectivity index (χ4n) is 4.31. The minimum Gasteiger partial charge on any atom is -0.506 e. The van der Waals surface area contributed by atoms with E-state index >= 15 is 0 Å². The van der Waals surface area contributed by atoms with Gasteiger partial charge in [-0.25, -0.2) is 14.6 Å². The minimum atomic E-state index is -0.981. The number of carboxylic acids is 1. The van der Waals surface area contributed by atoms with Crippen LogP contribution in [0.15, 0.2) is 55.1 Å². The number of carbonyl (C=O) groups is 1. The monoisotopic (exact) mass is 471 g/mol. The average Bonchev–Trinajstić information content (AvgIpc) is 3.48. The molecule has 12 nitrogen and oxygen atoms in total. The number of piperazine rings is 1. The van der Waals surface area contributed by atoms with Crippen LogP contribution in [0.25, 0.3) is 27.9 Å². The van der Waals surface area contributed by atoms with Gasteiger partial charge in [0, 0.05) is 31.6 Å². The van der Waals surface area contributed by atoms with Gasteiger partial charge < -0.3 is 24.6 Å². The number of imidazole rings is 1. The number of hydrogen-bond donors (Lipinski definition) is 2. The van der Waals surface area contributed by atoms with Gasteiger partial charge in [-0.2, -0.15) is 15.1 Å². The topological polar surface area (TPSA) is 138 Å². The number of hydrogen-bond acceptors (Lipinski definition) is 9. The van der Waals surface area contributed by atoms with Gasteiger partial charge >= 0.3 is 5.97 Å². The Bertz CT molecular complexity index is 1540. The van der Waals surface area contributed by atoms with Crippen LogP contribution >= 0.6 is 0 Å². The number of aromatic nitrogens is 7. The first kappa shape index (κ1) is 20.8. The van der Waals surface area contributed by atoms with E-state index in [0.717, 1.165) is 16.7 Å². The van der Waals surface area contributed by atoms with E-state index in [9.17, 15) is 15.0 Å². The summed E-state index contributed by atoms with van der Waals surface area (Å²) in [5, 5.41) is 24.4. The van der Waals surface area contributed by atoms with Crippen molar-refractivity contribution in [1.82, 2.24) is 34.3 Å². The molecule has 1 aliphatic rings. The summed E-state index contributed by atoms with van der Waals surface area (Å²) < 4.78 is 3.23. The third-order valence-electron chi connectivity index (χ3n) is 6.04. The maximum atomic E-state index is 11.4. The fourth-order valence-corrected chi connectivity index (χ4v) is 4.31. The van der Waals surface area contributed by atoms with Gasteiger partial charge in [-0.05, 0) is 18.2 Å². The Morgan fingerprint density at radius 2 is 1.74 bits per heavy atom. The van der Waals surface area contributed by atoms with Crippen molar-refractivity contribution in [2.24, 2.45) is 0 Å². The van der Waals surface area contributed by atoms with E-state index in [4.69, 9.17) is 9.97 Å². The SMILES string of the molecule is O=C(O)Cn1cnc2c(-n3ncc4ccccc43)nc(N3CCN(c4ccc(O)cn4)CC3)nc21. The summed E-state index contributed by atoms with van der Waals surface area (Å²) in [5.74, 6) is 0.925. The van der Waals surface area contributed by atoms with Gasteiger partial charge in [-0.1, -0.05) is 18.2 Å². The second-order valence-corrected chi connectivity index (χ2v) is 8.25. The van der Waals surface area contributed by atoms with Crippen LogP contribution in [-0.4, -0.2) is 76.6 Å². The molecule has 2 N–H and O–H groups in total. The van der Waals surface area contributed by atoms with Crippen LogP contribution in [0.3, 0.4) is 0 Å². The van der Waals surface area contributed by atoms with E-state index in [1.54, 1.807) is 23.0 Å². The lowest BCUT2D eigenvalue weighted by Gasteiger charge is -2.35. The molecule has 0 atom stereocenters. The Labute approximate surface area is 198 Å². The lowest BCUT2D eigenvalue weighted by Crippen LogP contribution is -2.47. The number of aliphatic carboxylic acids is 1. The standard InChI is InChI=1S/C23H21N9O3/c33-16-5-6-18(24-12-16)29-7-9-30(10-8-29)23-27-21-20(25-14-31(21)13-19(34)35)22(28-23)32-17-4-2-1-3-15(17)11-26-32/h1-6,11-12,14,33H,7-10,13H2,(H,34,35). The summed E-state index contributed by atoms with van der Waals surface area (Å²) in [5.41, 5.74) is 1.79. The lowest BCUT2D eigenvalue weighted by molar-refractivity contribution is -0.137. The first-order chi connectivity index (χ1) is 17.1. The smallest absolute Gasteiger partial charge is 0.323 e. The van der Waals surface area contributed by atoms with Crippen molar-refractivity contribution in [3.05, 3.63) is 55.1 Å². The van der Waals surface area contributed by atoms with Crippen molar-refractivity contribution < 1.29 is 15.0 Å². The molecule has 0 aliphatic carbocycles. The van der Waals surface area contributed by atoms with Crippen molar-refractivity contribution in [2.75, 3.05) is 36.0 Å². The molecule has 12 heteroatoms. The Balaban J connectivity index is 1.39. The maximum absolute atomic E-state index is 11.4. The number of carboxylic acid groups (broad SMARTS) is 1. The number of fused-ring (bicyclic) bond motifs is 2. The summed E-state index contributed by atoms with van der Waals surface area (Å²) in [6, 6.07) is 11.2. The van der Waals surface area contributed by atoms with E-state index in [1.165, 1.54) is 17.1 Å². The zero-order chi connectivity index (χ0) is 23.9. The van der Waals surface area contributed by atoms with E-state index in [-0.39, 0.29) is 12.3 Å². The van der Waals surface area contributed by atoms with Gasteiger partial charge in [0.15, 0.2) is 17.0 Å². The van der Waals surface area contributed by atoms with Gasteiger partial charge in [-0.15, -0.1) is 0 Å². The highest BCUT2D eigenvalue weighted by molar-refractivity contribution is 5.86. The fraction of sp³-hybridized carbons (Fsp3) is 0.217. The van der Waals surface area contributed by atoms with E-state index in [2.05, 4.69) is 24.9 Å². The molecule has 0 bridgehead atoms. The molecule has 4 aromatic heterocycles. The van der Waals surface area contributed by atoms with Crippen LogP contribution in [0.2, 0.25) is 0 Å². The summed E-state index contributed by atoms with van der Waals surface area (Å²) >= 11 is 0. The molecular weight excluding hydrogens is 450 g/mol. The molecule has 0 radical (unpaired) electrons. The number of anilines is 2. The van der Waals surface area contributed by atoms with Crippen molar-refractivity contribution in [1.29, 1.82) is 0 Å². The molecular formula is C23H21N9O3. The van der Waals surface area contributed by atoms with Crippen LogP contribution in [0.4, 0.5) is 11.8 Å². The van der Waals surface area contributed by atoms with Gasteiger partial charge in [0.05, 0.1) is 24.2 Å². The first-order valence-corrected chi connectivity index (χ1v) is 11.1. The first-order valence-electron chi connectivity index (χ1n) is 11.1. The molecule has 0 unspecified atom stereocenters. The molecule has 1 fully saturated rings. The van der Waals surface area contributed by atoms with Crippen molar-refractivity contribution >= 4 is 39.8 Å². The third-order valence-corrected chi connectivity index (χ3v) is 6.04. The number of pyridine rings is 1. The third kappa shape index (κ3) is 3.74. The molecule has 5 aromatic rings. The molecule has 176 valence electrons. The molecule has 5 heterocycles. The van der Waals surface area contributed by atoms with Crippen molar-refractivity contribution in [3.8, 4) is 11.6 Å². The molecule has 6 rings (SSSR count). The predicted octanol–water partition coefficient (Wildman–Crippen LogP) is 1.68. The maximum Gasteiger partial charge on any atom is 0.323 e. The lowest BCUT2D eigenvalue weighted by atomic mass is 10.2. The number of benzene rings is 1. The Hall–Kier alpha value is -4.74. The summed E-state index contributed by atoms with van der Waals surface area (Å²) in [4.78, 5) is 33.9. The highest BCUT2D eigenvalue weighted by Gasteiger charge is 2.24. The summed E-state index contributed by atoms with van der Waals surface area (Å²) in [7, 11) is 0. The van der Waals surface area contributed by atoms with Gasteiger partial charge in [-0.3, -0.25) is 4.79 Å². The van der Waals surface area contributed by atoms with Crippen LogP contribution in [0.1, 0.15) is 0 Å². The Morgan fingerprint density at radius 1 is 0.943 bits per heavy atom. The van der Waals surface area contributed by atoms with Crippen LogP contribution < -0.4 is 9.80 Å². The van der Waals surface area contributed by atoms with Gasteiger partial charge in [0.2, 0.25) is 5.95 Å². The quantitative estimate of drug-likeness (QED) is 0.389. The Kier molecular flexibility index (Phi) is 4.90. The van der Waals surface area contributed by atoms with E-state index < -0.39 is 5.97 Å². The van der Waals surface area contributed by atoms with E-state index in [1.807, 2.05) is 24.3 Å². The largest absolute Gasteiger partial charge is 0.506 e. The molecule has 0 amide bonds. The predicted molar refractivity (Wildman–Crippen MR) is 128 cm³/mol. The average molecular weight is 471 g/mol. The molecule has 35 heavy (non-hydrogen) atoms. The van der Waals surface area contributed by atoms with Crippen molar-refractivity contribution in [3.63, 3.8) is 0 Å². The summed E-state index contributed by atoms with van der Waals surface area (Å²) in [6.45, 7) is 2.40. The second kappa shape index (κ2) is 8.24. The normalized spacial score (nSPS) is 14.2. The van der Waals surface area contributed by atoms with Crippen LogP contribution in [-0.2, 0) is 11.3 Å². The Morgan fingerprint density at radius 3 is 2.51 bits per heavy atom.